The lowest BCUT2D eigenvalue weighted by Gasteiger charge is -2.07. The lowest BCUT2D eigenvalue weighted by atomic mass is 10.1. The Balaban J connectivity index is 1.64. The molecule has 1 amide bonds. The summed E-state index contributed by atoms with van der Waals surface area (Å²) >= 11 is 0. The topological polar surface area (TPSA) is 59.8 Å². The van der Waals surface area contributed by atoms with Gasteiger partial charge in [-0.05, 0) is 41.5 Å². The van der Waals surface area contributed by atoms with Crippen LogP contribution in [0.25, 0.3) is 16.5 Å². The molecule has 5 nitrogen and oxygen atoms in total. The number of fused-ring (bicyclic) bond motifs is 1. The van der Waals surface area contributed by atoms with Gasteiger partial charge in [-0.15, -0.1) is 5.10 Å². The van der Waals surface area contributed by atoms with E-state index in [9.17, 15) is 4.79 Å². The molecule has 3 aromatic carbocycles. The van der Waals surface area contributed by atoms with Crippen LogP contribution in [-0.2, 0) is 6.42 Å². The first-order chi connectivity index (χ1) is 12.8. The number of nitrogens with one attached hydrogen (secondary N) is 1. The van der Waals surface area contributed by atoms with Gasteiger partial charge in [0.05, 0.1) is 11.4 Å². The number of carbonyl (C=O) groups excluding carboxylic acids is 1. The molecule has 4 rings (SSSR count). The first kappa shape index (κ1) is 16.0. The van der Waals surface area contributed by atoms with Crippen LogP contribution in [0.4, 0.5) is 5.69 Å². The molecular weight excluding hydrogens is 324 g/mol. The Labute approximate surface area is 151 Å². The maximum Gasteiger partial charge on any atom is 0.278 e. The maximum absolute atomic E-state index is 12.7. The third-order valence-corrected chi connectivity index (χ3v) is 4.32. The number of benzene rings is 3. The van der Waals surface area contributed by atoms with Crippen molar-refractivity contribution in [3.63, 3.8) is 0 Å². The average Bonchev–Trinajstić information content (AvgIpc) is 3.13. The summed E-state index contributed by atoms with van der Waals surface area (Å²) in [6.45, 7) is 1.99. The second-order valence-electron chi connectivity index (χ2n) is 6.00. The fourth-order valence-electron chi connectivity index (χ4n) is 3.03. The van der Waals surface area contributed by atoms with Gasteiger partial charge in [0.15, 0.2) is 5.69 Å². The van der Waals surface area contributed by atoms with Crippen molar-refractivity contribution in [2.75, 3.05) is 5.32 Å². The third-order valence-electron chi connectivity index (χ3n) is 4.32. The summed E-state index contributed by atoms with van der Waals surface area (Å²) in [4.78, 5) is 12.7. The first-order valence-electron chi connectivity index (χ1n) is 8.56. The lowest BCUT2D eigenvalue weighted by Crippen LogP contribution is -2.15. The normalized spacial score (nSPS) is 10.8. The van der Waals surface area contributed by atoms with E-state index in [1.165, 1.54) is 0 Å². The molecule has 0 atom stereocenters. The van der Waals surface area contributed by atoms with Crippen LogP contribution in [0.5, 0.6) is 0 Å². The minimum atomic E-state index is -0.251. The number of hydrogen-bond acceptors (Lipinski definition) is 3. The highest BCUT2D eigenvalue weighted by Crippen LogP contribution is 2.20. The van der Waals surface area contributed by atoms with Crippen molar-refractivity contribution in [3.8, 4) is 5.69 Å². The monoisotopic (exact) mass is 342 g/mol. The number of carbonyl (C=O) groups is 1. The first-order valence-corrected chi connectivity index (χ1v) is 8.56. The number of para-hydroxylation sites is 1. The SMILES string of the molecule is CCc1c(C(=O)Nc2ccc3ccccc3c2)nnn1-c1ccccc1. The molecule has 0 unspecified atom stereocenters. The van der Waals surface area contributed by atoms with Crippen molar-refractivity contribution < 1.29 is 4.79 Å². The summed E-state index contributed by atoms with van der Waals surface area (Å²) < 4.78 is 1.72. The van der Waals surface area contributed by atoms with Gasteiger partial charge < -0.3 is 5.32 Å². The predicted octanol–water partition coefficient (Wildman–Crippen LogP) is 4.24. The van der Waals surface area contributed by atoms with Gasteiger partial charge in [0.2, 0.25) is 0 Å². The Bertz CT molecular complexity index is 1070. The average molecular weight is 342 g/mol. The molecule has 0 fully saturated rings. The molecular formula is C21H18N4O. The molecule has 0 spiro atoms. The molecule has 0 saturated heterocycles. The van der Waals surface area contributed by atoms with E-state index in [-0.39, 0.29) is 5.91 Å². The van der Waals surface area contributed by atoms with Crippen LogP contribution in [-0.4, -0.2) is 20.9 Å². The van der Waals surface area contributed by atoms with Gasteiger partial charge in [-0.3, -0.25) is 4.79 Å². The third kappa shape index (κ3) is 2.95. The molecule has 0 saturated carbocycles. The Morgan fingerprint density at radius 2 is 1.69 bits per heavy atom. The largest absolute Gasteiger partial charge is 0.321 e. The second-order valence-corrected chi connectivity index (χ2v) is 6.00. The van der Waals surface area contributed by atoms with Gasteiger partial charge in [-0.1, -0.05) is 60.7 Å². The van der Waals surface area contributed by atoms with Crippen LogP contribution < -0.4 is 5.32 Å². The fraction of sp³-hybridized carbons (Fsp3) is 0.0952. The lowest BCUT2D eigenvalue weighted by molar-refractivity contribution is 0.102. The summed E-state index contributed by atoms with van der Waals surface area (Å²) in [6, 6.07) is 23.6. The van der Waals surface area contributed by atoms with E-state index in [1.807, 2.05) is 79.7 Å². The highest BCUT2D eigenvalue weighted by Gasteiger charge is 2.19. The minimum absolute atomic E-state index is 0.251. The summed E-state index contributed by atoms with van der Waals surface area (Å²) in [5.41, 5.74) is 2.77. The van der Waals surface area contributed by atoms with Crippen LogP contribution in [0, 0.1) is 0 Å². The summed E-state index contributed by atoms with van der Waals surface area (Å²) in [6.07, 6.45) is 0.655. The van der Waals surface area contributed by atoms with Crippen LogP contribution in [0.3, 0.4) is 0 Å². The Morgan fingerprint density at radius 3 is 2.46 bits per heavy atom. The quantitative estimate of drug-likeness (QED) is 0.603. The van der Waals surface area contributed by atoms with Crippen molar-refractivity contribution >= 4 is 22.4 Å². The van der Waals surface area contributed by atoms with E-state index < -0.39 is 0 Å². The summed E-state index contributed by atoms with van der Waals surface area (Å²) in [7, 11) is 0. The Morgan fingerprint density at radius 1 is 0.962 bits per heavy atom. The van der Waals surface area contributed by atoms with E-state index in [0.29, 0.717) is 12.1 Å². The van der Waals surface area contributed by atoms with Gasteiger partial charge >= 0.3 is 0 Å². The number of anilines is 1. The Kier molecular flexibility index (Phi) is 4.19. The fourth-order valence-corrected chi connectivity index (χ4v) is 3.03. The Hall–Kier alpha value is -3.47. The highest BCUT2D eigenvalue weighted by atomic mass is 16.2. The zero-order valence-electron chi connectivity index (χ0n) is 14.4. The molecule has 0 aliphatic carbocycles. The zero-order valence-corrected chi connectivity index (χ0v) is 14.4. The predicted molar refractivity (Wildman–Crippen MR) is 103 cm³/mol. The van der Waals surface area contributed by atoms with Crippen LogP contribution in [0.1, 0.15) is 23.1 Å². The number of rotatable bonds is 4. The van der Waals surface area contributed by atoms with Crippen molar-refractivity contribution in [1.82, 2.24) is 15.0 Å². The van der Waals surface area contributed by atoms with Gasteiger partial charge in [0, 0.05) is 5.69 Å². The standard InChI is InChI=1S/C21H18N4O/c1-2-19-20(23-24-25(19)18-10-4-3-5-11-18)21(26)22-17-13-12-15-8-6-7-9-16(15)14-17/h3-14H,2H2,1H3,(H,22,26). The van der Waals surface area contributed by atoms with Gasteiger partial charge in [0.1, 0.15) is 0 Å². The van der Waals surface area contributed by atoms with Crippen molar-refractivity contribution in [3.05, 3.63) is 84.2 Å². The summed E-state index contributed by atoms with van der Waals surface area (Å²) in [5.74, 6) is -0.251. The van der Waals surface area contributed by atoms with Crippen molar-refractivity contribution in [1.29, 1.82) is 0 Å². The van der Waals surface area contributed by atoms with Crippen LogP contribution in [0.2, 0.25) is 0 Å². The number of nitrogens with zero attached hydrogens (tertiary/aromatic N) is 3. The van der Waals surface area contributed by atoms with E-state index in [1.54, 1.807) is 4.68 Å². The van der Waals surface area contributed by atoms with E-state index in [0.717, 1.165) is 27.8 Å². The van der Waals surface area contributed by atoms with Crippen LogP contribution >= 0.6 is 0 Å². The molecule has 0 radical (unpaired) electrons. The second kappa shape index (κ2) is 6.80. The smallest absolute Gasteiger partial charge is 0.278 e. The van der Waals surface area contributed by atoms with E-state index in [4.69, 9.17) is 0 Å². The van der Waals surface area contributed by atoms with Crippen molar-refractivity contribution in [2.24, 2.45) is 0 Å². The molecule has 1 N–H and O–H groups in total. The van der Waals surface area contributed by atoms with Crippen molar-refractivity contribution in [2.45, 2.75) is 13.3 Å². The molecule has 0 bridgehead atoms. The molecule has 0 aliphatic rings. The molecule has 1 aromatic heterocycles. The number of aromatic nitrogens is 3. The van der Waals surface area contributed by atoms with Crippen LogP contribution in [0.15, 0.2) is 72.8 Å². The molecule has 1 heterocycles. The highest BCUT2D eigenvalue weighted by molar-refractivity contribution is 6.04. The maximum atomic E-state index is 12.7. The summed E-state index contributed by atoms with van der Waals surface area (Å²) in [5, 5.41) is 13.4. The van der Waals surface area contributed by atoms with Gasteiger partial charge in [-0.25, -0.2) is 4.68 Å². The van der Waals surface area contributed by atoms with E-state index in [2.05, 4.69) is 15.6 Å². The minimum Gasteiger partial charge on any atom is -0.321 e. The molecule has 26 heavy (non-hydrogen) atoms. The number of amides is 1. The molecule has 5 heteroatoms. The molecule has 128 valence electrons. The van der Waals surface area contributed by atoms with E-state index >= 15 is 0 Å². The number of hydrogen-bond donors (Lipinski definition) is 1. The molecule has 0 aliphatic heterocycles. The van der Waals surface area contributed by atoms with Gasteiger partial charge in [-0.2, -0.15) is 0 Å². The zero-order chi connectivity index (χ0) is 17.9. The molecule has 4 aromatic rings. The van der Waals surface area contributed by atoms with Gasteiger partial charge in [0.25, 0.3) is 5.91 Å².